The van der Waals surface area contributed by atoms with Crippen molar-refractivity contribution in [2.75, 3.05) is 0 Å². The summed E-state index contributed by atoms with van der Waals surface area (Å²) >= 11 is 0. The van der Waals surface area contributed by atoms with Crippen LogP contribution in [0.5, 0.6) is 0 Å². The number of aryl methyl sites for hydroxylation is 1. The van der Waals surface area contributed by atoms with E-state index in [-0.39, 0.29) is 23.6 Å². The van der Waals surface area contributed by atoms with Crippen molar-refractivity contribution in [3.63, 3.8) is 0 Å². The maximum Gasteiger partial charge on any atom is 0.338 e. The Hall–Kier alpha value is -2.23. The van der Waals surface area contributed by atoms with Crippen LogP contribution in [0.2, 0.25) is 0 Å². The smallest absolute Gasteiger partial charge is 0.338 e. The monoisotopic (exact) mass is 396 g/mol. The number of carbonyl (C=O) groups excluding carboxylic acids is 1. The second-order valence-electron chi connectivity index (χ2n) is 9.28. The Balaban J connectivity index is 1.64. The predicted molar refractivity (Wildman–Crippen MR) is 112 cm³/mol. The number of allylic oxidation sites excluding steroid dienone is 2. The highest BCUT2D eigenvalue weighted by Gasteiger charge is 2.62. The van der Waals surface area contributed by atoms with Crippen molar-refractivity contribution in [2.45, 2.75) is 65.4 Å². The van der Waals surface area contributed by atoms with Crippen molar-refractivity contribution < 1.29 is 19.1 Å². The molecule has 0 aromatic carbocycles. The van der Waals surface area contributed by atoms with Crippen LogP contribution in [0.4, 0.5) is 0 Å². The van der Waals surface area contributed by atoms with Crippen LogP contribution in [0.15, 0.2) is 57.6 Å². The molecule has 156 valence electrons. The summed E-state index contributed by atoms with van der Waals surface area (Å²) in [6.07, 6.45) is 13.1. The fraction of sp³-hybridized carbons (Fsp3) is 0.560. The molecule has 1 aromatic rings. The predicted octanol–water partition coefficient (Wildman–Crippen LogP) is 5.91. The van der Waals surface area contributed by atoms with E-state index in [1.165, 1.54) is 16.7 Å². The van der Waals surface area contributed by atoms with Gasteiger partial charge in [-0.3, -0.25) is 0 Å². The number of hydrogen-bond donors (Lipinski definition) is 1. The first-order valence-corrected chi connectivity index (χ1v) is 10.8. The molecule has 2 aliphatic carbocycles. The standard InChI is InChI=1S/C25H32O4/c1-15(6-5-7-19-10-11-28-14-19)12-20-13-17(3)21-9-8-16(2)22(21)25(20)23(26)18(4)24(27)29-25/h10-14,16,20-22,26H,5-9H2,1-4H3/b15-12+/t16-,20+,21-,22+,25-/m0/s1. The Kier molecular flexibility index (Phi) is 5.22. The lowest BCUT2D eigenvalue weighted by atomic mass is 9.62. The van der Waals surface area contributed by atoms with Gasteiger partial charge in [0, 0.05) is 11.8 Å². The van der Waals surface area contributed by atoms with Gasteiger partial charge in [-0.05, 0) is 76.3 Å². The van der Waals surface area contributed by atoms with Gasteiger partial charge in [-0.15, -0.1) is 0 Å². The maximum absolute atomic E-state index is 12.5. The average Bonchev–Trinajstić information content (AvgIpc) is 3.38. The molecule has 4 nitrogen and oxygen atoms in total. The van der Waals surface area contributed by atoms with E-state index in [0.29, 0.717) is 17.4 Å². The van der Waals surface area contributed by atoms with Gasteiger partial charge >= 0.3 is 5.97 Å². The molecule has 0 unspecified atom stereocenters. The molecule has 1 spiro atoms. The fourth-order valence-electron chi connectivity index (χ4n) is 5.87. The Labute approximate surface area is 173 Å². The number of rotatable bonds is 5. The third kappa shape index (κ3) is 3.27. The van der Waals surface area contributed by atoms with Crippen molar-refractivity contribution >= 4 is 5.97 Å². The third-order valence-corrected chi connectivity index (χ3v) is 7.37. The number of hydrogen-bond acceptors (Lipinski definition) is 4. The first-order valence-electron chi connectivity index (χ1n) is 10.8. The molecular weight excluding hydrogens is 364 g/mol. The molecule has 29 heavy (non-hydrogen) atoms. The number of aliphatic hydroxyl groups is 1. The van der Waals surface area contributed by atoms with Crippen molar-refractivity contribution in [3.05, 3.63) is 58.8 Å². The van der Waals surface area contributed by atoms with E-state index in [9.17, 15) is 9.90 Å². The van der Waals surface area contributed by atoms with Gasteiger partial charge in [0.1, 0.15) is 5.76 Å². The zero-order valence-electron chi connectivity index (χ0n) is 17.9. The van der Waals surface area contributed by atoms with Gasteiger partial charge in [0.2, 0.25) is 0 Å². The number of esters is 1. The Morgan fingerprint density at radius 1 is 1.34 bits per heavy atom. The molecule has 1 N–H and O–H groups in total. The molecule has 4 rings (SSSR count). The minimum Gasteiger partial charge on any atom is -0.507 e. The van der Waals surface area contributed by atoms with E-state index in [2.05, 4.69) is 32.9 Å². The molecule has 0 radical (unpaired) electrons. The minimum atomic E-state index is -0.937. The summed E-state index contributed by atoms with van der Waals surface area (Å²) < 4.78 is 11.2. The van der Waals surface area contributed by atoms with E-state index >= 15 is 0 Å². The van der Waals surface area contributed by atoms with Crippen LogP contribution in [0.25, 0.3) is 0 Å². The molecule has 1 saturated carbocycles. The molecule has 3 aliphatic rings. The lowest BCUT2D eigenvalue weighted by Crippen LogP contribution is -2.52. The normalized spacial score (nSPS) is 34.6. The van der Waals surface area contributed by atoms with Crippen LogP contribution in [0.1, 0.15) is 58.9 Å². The first kappa shape index (κ1) is 20.1. The molecule has 5 atom stereocenters. The van der Waals surface area contributed by atoms with Gasteiger partial charge < -0.3 is 14.3 Å². The largest absolute Gasteiger partial charge is 0.507 e. The van der Waals surface area contributed by atoms with Gasteiger partial charge in [-0.1, -0.05) is 30.2 Å². The average molecular weight is 397 g/mol. The van der Waals surface area contributed by atoms with E-state index in [0.717, 1.165) is 32.1 Å². The van der Waals surface area contributed by atoms with Gasteiger partial charge in [-0.25, -0.2) is 4.79 Å². The van der Waals surface area contributed by atoms with Crippen LogP contribution >= 0.6 is 0 Å². The molecule has 1 aliphatic heterocycles. The van der Waals surface area contributed by atoms with Crippen LogP contribution < -0.4 is 0 Å². The summed E-state index contributed by atoms with van der Waals surface area (Å²) in [6.45, 7) is 8.26. The van der Waals surface area contributed by atoms with Gasteiger partial charge in [0.25, 0.3) is 0 Å². The molecule has 2 heterocycles. The van der Waals surface area contributed by atoms with Crippen LogP contribution in [0, 0.1) is 23.7 Å². The summed E-state index contributed by atoms with van der Waals surface area (Å²) in [5.74, 6) is 0.568. The fourth-order valence-corrected chi connectivity index (χ4v) is 5.87. The van der Waals surface area contributed by atoms with E-state index in [1.54, 1.807) is 19.5 Å². The lowest BCUT2D eigenvalue weighted by molar-refractivity contribution is -0.160. The zero-order chi connectivity index (χ0) is 20.8. The quantitative estimate of drug-likeness (QED) is 0.496. The third-order valence-electron chi connectivity index (χ3n) is 7.37. The number of aliphatic hydroxyl groups excluding tert-OH is 1. The number of ether oxygens (including phenoxy) is 1. The van der Waals surface area contributed by atoms with Gasteiger partial charge in [0.15, 0.2) is 5.60 Å². The van der Waals surface area contributed by atoms with E-state index in [4.69, 9.17) is 9.15 Å². The topological polar surface area (TPSA) is 59.7 Å². The second-order valence-corrected chi connectivity index (χ2v) is 9.28. The lowest BCUT2D eigenvalue weighted by Gasteiger charge is -2.46. The highest BCUT2D eigenvalue weighted by atomic mass is 16.6. The molecular formula is C25H32O4. The molecule has 0 saturated heterocycles. The van der Waals surface area contributed by atoms with Gasteiger partial charge in [0.05, 0.1) is 18.1 Å². The van der Waals surface area contributed by atoms with Crippen molar-refractivity contribution in [2.24, 2.45) is 23.7 Å². The number of carbonyl (C=O) groups is 1. The van der Waals surface area contributed by atoms with Crippen molar-refractivity contribution in [1.82, 2.24) is 0 Å². The Morgan fingerprint density at radius 2 is 2.14 bits per heavy atom. The van der Waals surface area contributed by atoms with Crippen LogP contribution in [0.3, 0.4) is 0 Å². The molecule has 0 amide bonds. The molecule has 4 heteroatoms. The van der Waals surface area contributed by atoms with Crippen LogP contribution in [-0.4, -0.2) is 16.7 Å². The van der Waals surface area contributed by atoms with Gasteiger partial charge in [-0.2, -0.15) is 0 Å². The first-order chi connectivity index (χ1) is 13.8. The van der Waals surface area contributed by atoms with Crippen molar-refractivity contribution in [1.29, 1.82) is 0 Å². The number of furan rings is 1. The molecule has 1 aromatic heterocycles. The molecule has 0 bridgehead atoms. The summed E-state index contributed by atoms with van der Waals surface area (Å²) in [6, 6.07) is 2.01. The zero-order valence-corrected chi connectivity index (χ0v) is 17.9. The minimum absolute atomic E-state index is 0.125. The Bertz CT molecular complexity index is 873. The summed E-state index contributed by atoms with van der Waals surface area (Å²) in [7, 11) is 0. The van der Waals surface area contributed by atoms with Crippen molar-refractivity contribution in [3.8, 4) is 0 Å². The molecule has 1 fully saturated rings. The Morgan fingerprint density at radius 3 is 2.79 bits per heavy atom. The van der Waals surface area contributed by atoms with E-state index in [1.807, 2.05) is 6.07 Å². The highest BCUT2D eigenvalue weighted by Crippen LogP contribution is 2.58. The second kappa shape index (κ2) is 7.55. The van der Waals surface area contributed by atoms with Crippen LogP contribution in [-0.2, 0) is 16.0 Å². The highest BCUT2D eigenvalue weighted by molar-refractivity contribution is 5.92. The summed E-state index contributed by atoms with van der Waals surface area (Å²) in [5, 5.41) is 11.1. The summed E-state index contributed by atoms with van der Waals surface area (Å²) in [4.78, 5) is 12.5. The SMILES string of the molecule is CC1=C[C@@H](/C=C(\C)CCCc2ccoc2)[C@]2(OC(=O)C(C)=C2O)[C@@H]2[C@@H](C)CC[C@@H]12. The summed E-state index contributed by atoms with van der Waals surface area (Å²) in [5.41, 5.74) is 3.27. The number of fused-ring (bicyclic) bond motifs is 2. The van der Waals surface area contributed by atoms with E-state index < -0.39 is 5.60 Å². The maximum atomic E-state index is 12.5.